The van der Waals surface area contributed by atoms with Crippen molar-refractivity contribution in [1.82, 2.24) is 0 Å². The van der Waals surface area contributed by atoms with E-state index in [-0.39, 0.29) is 5.97 Å². The van der Waals surface area contributed by atoms with E-state index in [0.29, 0.717) is 6.61 Å². The Bertz CT molecular complexity index is 229. The SMILES string of the molecule is CCCCCCCCCCCCOC(=O)C(C)C=N. The first-order chi connectivity index (χ1) is 9.22. The molecule has 0 aliphatic heterocycles. The van der Waals surface area contributed by atoms with Crippen LogP contribution in [0.25, 0.3) is 0 Å². The first kappa shape index (κ1) is 18.1. The lowest BCUT2D eigenvalue weighted by atomic mass is 10.1. The molecule has 0 rings (SSSR count). The molecule has 0 saturated carbocycles. The molecule has 0 radical (unpaired) electrons. The minimum absolute atomic E-state index is 0.272. The number of esters is 1. The zero-order valence-electron chi connectivity index (χ0n) is 12.7. The van der Waals surface area contributed by atoms with Gasteiger partial charge in [0.05, 0.1) is 12.5 Å². The largest absolute Gasteiger partial charge is 0.465 e. The molecule has 0 fully saturated rings. The Hall–Kier alpha value is -0.860. The van der Waals surface area contributed by atoms with E-state index in [1.54, 1.807) is 6.92 Å². The standard InChI is InChI=1S/C16H31NO2/c1-3-4-5-6-7-8-9-10-11-12-13-19-16(18)15(2)14-17/h14-15,17H,3-13H2,1-2H3. The molecule has 0 aromatic rings. The zero-order valence-corrected chi connectivity index (χ0v) is 12.7. The number of nitrogens with one attached hydrogen (secondary N) is 1. The van der Waals surface area contributed by atoms with Gasteiger partial charge in [0.1, 0.15) is 0 Å². The van der Waals surface area contributed by atoms with Crippen LogP contribution < -0.4 is 0 Å². The average molecular weight is 269 g/mol. The van der Waals surface area contributed by atoms with Crippen LogP contribution in [-0.4, -0.2) is 18.8 Å². The van der Waals surface area contributed by atoms with Gasteiger partial charge in [-0.25, -0.2) is 0 Å². The number of hydrogen-bond acceptors (Lipinski definition) is 3. The average Bonchev–Trinajstić information content (AvgIpc) is 2.43. The molecule has 0 bridgehead atoms. The molecule has 1 unspecified atom stereocenters. The van der Waals surface area contributed by atoms with E-state index in [0.717, 1.165) is 19.1 Å². The molecule has 0 aromatic carbocycles. The summed E-state index contributed by atoms with van der Waals surface area (Å²) in [5, 5.41) is 6.97. The Kier molecular flexibility index (Phi) is 13.0. The lowest BCUT2D eigenvalue weighted by Crippen LogP contribution is -2.16. The first-order valence-electron chi connectivity index (χ1n) is 7.89. The van der Waals surface area contributed by atoms with Gasteiger partial charge < -0.3 is 10.1 Å². The number of rotatable bonds is 13. The van der Waals surface area contributed by atoms with Gasteiger partial charge in [-0.15, -0.1) is 0 Å². The van der Waals surface area contributed by atoms with Gasteiger partial charge in [-0.05, 0) is 13.3 Å². The zero-order chi connectivity index (χ0) is 14.3. The van der Waals surface area contributed by atoms with Crippen molar-refractivity contribution in [2.75, 3.05) is 6.61 Å². The van der Waals surface area contributed by atoms with E-state index in [1.807, 2.05) is 0 Å². The molecule has 1 N–H and O–H groups in total. The van der Waals surface area contributed by atoms with Gasteiger partial charge in [0.25, 0.3) is 0 Å². The molecular formula is C16H31NO2. The van der Waals surface area contributed by atoms with Gasteiger partial charge in [0.2, 0.25) is 0 Å². The number of carbonyl (C=O) groups is 1. The molecule has 0 aliphatic rings. The van der Waals surface area contributed by atoms with Crippen LogP contribution in [0, 0.1) is 11.3 Å². The minimum Gasteiger partial charge on any atom is -0.465 e. The summed E-state index contributed by atoms with van der Waals surface area (Å²) in [5.41, 5.74) is 0. The van der Waals surface area contributed by atoms with Crippen molar-refractivity contribution >= 4 is 12.2 Å². The fraction of sp³-hybridized carbons (Fsp3) is 0.875. The second kappa shape index (κ2) is 13.6. The van der Waals surface area contributed by atoms with Gasteiger partial charge in [-0.1, -0.05) is 64.7 Å². The normalized spacial score (nSPS) is 12.1. The van der Waals surface area contributed by atoms with E-state index in [2.05, 4.69) is 6.92 Å². The summed E-state index contributed by atoms with van der Waals surface area (Å²) < 4.78 is 5.08. The molecule has 3 heteroatoms. The van der Waals surface area contributed by atoms with Crippen LogP contribution in [0.3, 0.4) is 0 Å². The molecule has 3 nitrogen and oxygen atoms in total. The Labute approximate surface area is 118 Å². The van der Waals surface area contributed by atoms with Gasteiger partial charge in [0.15, 0.2) is 0 Å². The van der Waals surface area contributed by atoms with Gasteiger partial charge in [-0.3, -0.25) is 4.79 Å². The molecule has 0 saturated heterocycles. The van der Waals surface area contributed by atoms with Crippen LogP contribution in [0.1, 0.15) is 78.1 Å². The Morgan fingerprint density at radius 1 is 1.00 bits per heavy atom. The Balaban J connectivity index is 3.15. The molecule has 0 spiro atoms. The highest BCUT2D eigenvalue weighted by Gasteiger charge is 2.10. The minimum atomic E-state index is -0.400. The number of ether oxygens (including phenoxy) is 1. The fourth-order valence-electron chi connectivity index (χ4n) is 1.96. The molecule has 0 amide bonds. The summed E-state index contributed by atoms with van der Waals surface area (Å²) in [6, 6.07) is 0. The summed E-state index contributed by atoms with van der Waals surface area (Å²) in [6.45, 7) is 4.44. The second-order valence-corrected chi connectivity index (χ2v) is 5.30. The van der Waals surface area contributed by atoms with E-state index in [1.165, 1.54) is 51.4 Å². The van der Waals surface area contributed by atoms with Crippen molar-refractivity contribution in [3.63, 3.8) is 0 Å². The lowest BCUT2D eigenvalue weighted by molar-refractivity contribution is -0.145. The number of hydrogen-bond donors (Lipinski definition) is 1. The third-order valence-electron chi connectivity index (χ3n) is 3.36. The van der Waals surface area contributed by atoms with Crippen molar-refractivity contribution in [2.24, 2.45) is 5.92 Å². The van der Waals surface area contributed by atoms with Gasteiger partial charge in [-0.2, -0.15) is 0 Å². The summed E-state index contributed by atoms with van der Waals surface area (Å²) >= 11 is 0. The third-order valence-corrected chi connectivity index (χ3v) is 3.36. The van der Waals surface area contributed by atoms with Crippen LogP contribution in [0.2, 0.25) is 0 Å². The molecule has 0 heterocycles. The van der Waals surface area contributed by atoms with Crippen molar-refractivity contribution in [2.45, 2.75) is 78.1 Å². The summed E-state index contributed by atoms with van der Waals surface area (Å²) in [6.07, 6.45) is 13.9. The van der Waals surface area contributed by atoms with Crippen LogP contribution in [0.5, 0.6) is 0 Å². The monoisotopic (exact) mass is 269 g/mol. The molecule has 19 heavy (non-hydrogen) atoms. The molecule has 112 valence electrons. The smallest absolute Gasteiger partial charge is 0.314 e. The van der Waals surface area contributed by atoms with Crippen molar-refractivity contribution < 1.29 is 9.53 Å². The number of unbranched alkanes of at least 4 members (excludes halogenated alkanes) is 9. The highest BCUT2D eigenvalue weighted by Crippen LogP contribution is 2.10. The van der Waals surface area contributed by atoms with E-state index in [9.17, 15) is 4.79 Å². The summed E-state index contributed by atoms with van der Waals surface area (Å²) in [4.78, 5) is 11.3. The maximum atomic E-state index is 11.3. The Morgan fingerprint density at radius 3 is 1.95 bits per heavy atom. The fourth-order valence-corrected chi connectivity index (χ4v) is 1.96. The topological polar surface area (TPSA) is 50.2 Å². The highest BCUT2D eigenvalue weighted by molar-refractivity contribution is 5.88. The lowest BCUT2D eigenvalue weighted by Gasteiger charge is -2.07. The molecular weight excluding hydrogens is 238 g/mol. The second-order valence-electron chi connectivity index (χ2n) is 5.30. The van der Waals surface area contributed by atoms with E-state index >= 15 is 0 Å². The quantitative estimate of drug-likeness (QED) is 0.298. The van der Waals surface area contributed by atoms with Crippen LogP contribution >= 0.6 is 0 Å². The van der Waals surface area contributed by atoms with Crippen LogP contribution in [0.15, 0.2) is 0 Å². The maximum absolute atomic E-state index is 11.3. The molecule has 0 aliphatic carbocycles. The molecule has 1 atom stereocenters. The predicted octanol–water partition coefficient (Wildman–Crippen LogP) is 4.74. The van der Waals surface area contributed by atoms with Crippen LogP contribution in [0.4, 0.5) is 0 Å². The molecule has 0 aromatic heterocycles. The van der Waals surface area contributed by atoms with Crippen molar-refractivity contribution in [3.05, 3.63) is 0 Å². The first-order valence-corrected chi connectivity index (χ1v) is 7.89. The highest BCUT2D eigenvalue weighted by atomic mass is 16.5. The van der Waals surface area contributed by atoms with Crippen molar-refractivity contribution in [3.8, 4) is 0 Å². The van der Waals surface area contributed by atoms with Crippen LogP contribution in [-0.2, 0) is 9.53 Å². The maximum Gasteiger partial charge on any atom is 0.314 e. The van der Waals surface area contributed by atoms with Gasteiger partial charge >= 0.3 is 5.97 Å². The van der Waals surface area contributed by atoms with Crippen molar-refractivity contribution in [1.29, 1.82) is 5.41 Å². The van der Waals surface area contributed by atoms with Gasteiger partial charge in [0, 0.05) is 6.21 Å². The summed E-state index contributed by atoms with van der Waals surface area (Å²) in [5.74, 6) is -0.672. The number of carbonyl (C=O) groups excluding carboxylic acids is 1. The van der Waals surface area contributed by atoms with E-state index < -0.39 is 5.92 Å². The third kappa shape index (κ3) is 11.9. The van der Waals surface area contributed by atoms with E-state index in [4.69, 9.17) is 10.1 Å². The predicted molar refractivity (Wildman–Crippen MR) is 80.8 cm³/mol. The summed E-state index contributed by atoms with van der Waals surface area (Å²) in [7, 11) is 0. The Morgan fingerprint density at radius 2 is 1.47 bits per heavy atom.